The SMILES string of the molecule is Cc1ccc(-c2ccsc2C(=O)Nc2ccc(S(=O)(=O)Nc3onc(C)c3C)cc2)cc1. The lowest BCUT2D eigenvalue weighted by Crippen LogP contribution is -2.14. The summed E-state index contributed by atoms with van der Waals surface area (Å²) in [6, 6.07) is 15.8. The minimum atomic E-state index is -3.85. The first-order valence-corrected chi connectivity index (χ1v) is 12.1. The fourth-order valence-electron chi connectivity index (χ4n) is 3.04. The van der Waals surface area contributed by atoms with Crippen LogP contribution in [0.1, 0.15) is 26.5 Å². The predicted octanol–water partition coefficient (Wildman–Crippen LogP) is 5.38. The summed E-state index contributed by atoms with van der Waals surface area (Å²) in [5, 5.41) is 8.46. The molecule has 7 nitrogen and oxygen atoms in total. The number of carbonyl (C=O) groups is 1. The molecule has 0 atom stereocenters. The Morgan fingerprint density at radius 3 is 2.28 bits per heavy atom. The lowest BCUT2D eigenvalue weighted by Gasteiger charge is -2.09. The van der Waals surface area contributed by atoms with Crippen LogP contribution >= 0.6 is 11.3 Å². The Labute approximate surface area is 190 Å². The van der Waals surface area contributed by atoms with Gasteiger partial charge in [0.05, 0.1) is 15.5 Å². The van der Waals surface area contributed by atoms with E-state index in [2.05, 4.69) is 15.2 Å². The molecule has 2 N–H and O–H groups in total. The molecule has 0 unspecified atom stereocenters. The van der Waals surface area contributed by atoms with Crippen molar-refractivity contribution in [2.45, 2.75) is 25.7 Å². The molecule has 1 amide bonds. The Bertz CT molecular complexity index is 1370. The number of benzene rings is 2. The normalized spacial score (nSPS) is 11.3. The average molecular weight is 468 g/mol. The fourth-order valence-corrected chi connectivity index (χ4v) is 4.90. The number of carbonyl (C=O) groups excluding carboxylic acids is 1. The lowest BCUT2D eigenvalue weighted by molar-refractivity contribution is 0.103. The van der Waals surface area contributed by atoms with Gasteiger partial charge >= 0.3 is 0 Å². The van der Waals surface area contributed by atoms with Crippen molar-refractivity contribution in [2.75, 3.05) is 10.0 Å². The Hall–Kier alpha value is -3.43. The summed E-state index contributed by atoms with van der Waals surface area (Å²) in [7, 11) is -3.85. The second-order valence-electron chi connectivity index (χ2n) is 7.34. The van der Waals surface area contributed by atoms with E-state index in [1.807, 2.05) is 42.6 Å². The lowest BCUT2D eigenvalue weighted by atomic mass is 10.0. The van der Waals surface area contributed by atoms with E-state index in [-0.39, 0.29) is 16.7 Å². The van der Waals surface area contributed by atoms with Gasteiger partial charge in [0.15, 0.2) is 0 Å². The minimum absolute atomic E-state index is 0.0421. The van der Waals surface area contributed by atoms with Crippen molar-refractivity contribution in [3.8, 4) is 11.1 Å². The Balaban J connectivity index is 1.50. The quantitative estimate of drug-likeness (QED) is 0.396. The van der Waals surface area contributed by atoms with Crippen LogP contribution in [0.3, 0.4) is 0 Å². The van der Waals surface area contributed by atoms with Gasteiger partial charge in [-0.3, -0.25) is 4.79 Å². The van der Waals surface area contributed by atoms with Crippen molar-refractivity contribution in [3.63, 3.8) is 0 Å². The van der Waals surface area contributed by atoms with Crippen molar-refractivity contribution >= 4 is 38.8 Å². The standard InChI is InChI=1S/C23H21N3O4S2/c1-14-4-6-17(7-5-14)20-12-13-31-21(20)22(27)24-18-8-10-19(11-9-18)32(28,29)26-23-15(2)16(3)25-30-23/h4-13,26H,1-3H3,(H,24,27). The second kappa shape index (κ2) is 8.60. The monoisotopic (exact) mass is 467 g/mol. The summed E-state index contributed by atoms with van der Waals surface area (Å²) >= 11 is 1.35. The maximum Gasteiger partial charge on any atom is 0.266 e. The molecule has 0 fully saturated rings. The summed E-state index contributed by atoms with van der Waals surface area (Å²) in [4.78, 5) is 13.5. The molecule has 4 aromatic rings. The molecule has 0 spiro atoms. The zero-order valence-electron chi connectivity index (χ0n) is 17.7. The third-order valence-electron chi connectivity index (χ3n) is 5.04. The van der Waals surface area contributed by atoms with Crippen LogP contribution in [0, 0.1) is 20.8 Å². The van der Waals surface area contributed by atoms with E-state index in [4.69, 9.17) is 4.52 Å². The topological polar surface area (TPSA) is 101 Å². The maximum absolute atomic E-state index is 12.8. The summed E-state index contributed by atoms with van der Waals surface area (Å²) in [6.45, 7) is 5.46. The van der Waals surface area contributed by atoms with Crippen LogP contribution in [0.5, 0.6) is 0 Å². The number of hydrogen-bond donors (Lipinski definition) is 2. The Morgan fingerprint density at radius 1 is 0.969 bits per heavy atom. The minimum Gasteiger partial charge on any atom is -0.337 e. The van der Waals surface area contributed by atoms with Gasteiger partial charge in [0, 0.05) is 16.8 Å². The molecule has 0 radical (unpaired) electrons. The molecule has 164 valence electrons. The molecule has 0 aliphatic rings. The number of rotatable bonds is 6. The molecule has 4 rings (SSSR count). The van der Waals surface area contributed by atoms with Gasteiger partial charge in [-0.15, -0.1) is 11.3 Å². The molecule has 0 saturated carbocycles. The molecule has 0 bridgehead atoms. The molecular formula is C23H21N3O4S2. The summed E-state index contributed by atoms with van der Waals surface area (Å²) in [5.41, 5.74) is 4.69. The molecule has 0 aliphatic carbocycles. The number of anilines is 2. The van der Waals surface area contributed by atoms with E-state index in [9.17, 15) is 13.2 Å². The number of aryl methyl sites for hydroxylation is 2. The van der Waals surface area contributed by atoms with Gasteiger partial charge in [0.25, 0.3) is 15.9 Å². The van der Waals surface area contributed by atoms with E-state index < -0.39 is 10.0 Å². The van der Waals surface area contributed by atoms with Gasteiger partial charge in [-0.05, 0) is 62.0 Å². The number of thiophene rings is 1. The smallest absolute Gasteiger partial charge is 0.266 e. The molecule has 32 heavy (non-hydrogen) atoms. The van der Waals surface area contributed by atoms with Gasteiger partial charge in [0.2, 0.25) is 5.88 Å². The van der Waals surface area contributed by atoms with Crippen LogP contribution in [0.4, 0.5) is 11.6 Å². The number of sulfonamides is 1. The summed E-state index contributed by atoms with van der Waals surface area (Å²) in [6.07, 6.45) is 0. The summed E-state index contributed by atoms with van der Waals surface area (Å²) in [5.74, 6) is -0.168. The number of amides is 1. The third kappa shape index (κ3) is 4.44. The van der Waals surface area contributed by atoms with E-state index in [0.717, 1.165) is 16.7 Å². The zero-order chi connectivity index (χ0) is 22.9. The highest BCUT2D eigenvalue weighted by atomic mass is 32.2. The number of aromatic nitrogens is 1. The molecular weight excluding hydrogens is 446 g/mol. The zero-order valence-corrected chi connectivity index (χ0v) is 19.3. The molecule has 0 aliphatic heterocycles. The first kappa shape index (κ1) is 21.8. The van der Waals surface area contributed by atoms with Gasteiger partial charge in [-0.2, -0.15) is 0 Å². The van der Waals surface area contributed by atoms with Crippen LogP contribution in [-0.4, -0.2) is 19.5 Å². The molecule has 2 aromatic heterocycles. The first-order valence-electron chi connectivity index (χ1n) is 9.76. The highest BCUT2D eigenvalue weighted by Crippen LogP contribution is 2.29. The van der Waals surface area contributed by atoms with Crippen LogP contribution in [0.2, 0.25) is 0 Å². The van der Waals surface area contributed by atoms with Crippen LogP contribution in [0.15, 0.2) is 69.4 Å². The van der Waals surface area contributed by atoms with E-state index in [0.29, 0.717) is 21.8 Å². The van der Waals surface area contributed by atoms with Crippen LogP contribution in [0.25, 0.3) is 11.1 Å². The van der Waals surface area contributed by atoms with Crippen molar-refractivity contribution in [1.82, 2.24) is 5.16 Å². The van der Waals surface area contributed by atoms with Gasteiger partial charge in [-0.25, -0.2) is 13.1 Å². The second-order valence-corrected chi connectivity index (χ2v) is 9.93. The average Bonchev–Trinajstić information content (AvgIpc) is 3.37. The molecule has 2 heterocycles. The predicted molar refractivity (Wildman–Crippen MR) is 126 cm³/mol. The van der Waals surface area contributed by atoms with E-state index in [1.54, 1.807) is 26.0 Å². The highest BCUT2D eigenvalue weighted by Gasteiger charge is 2.20. The van der Waals surface area contributed by atoms with Crippen molar-refractivity contribution in [3.05, 3.63) is 81.7 Å². The third-order valence-corrected chi connectivity index (χ3v) is 7.30. The number of nitrogens with zero attached hydrogens (tertiary/aromatic N) is 1. The maximum atomic E-state index is 12.8. The van der Waals surface area contributed by atoms with Gasteiger partial charge in [-0.1, -0.05) is 35.0 Å². The van der Waals surface area contributed by atoms with Gasteiger partial charge < -0.3 is 9.84 Å². The number of nitrogens with one attached hydrogen (secondary N) is 2. The van der Waals surface area contributed by atoms with Crippen molar-refractivity contribution in [1.29, 1.82) is 0 Å². The number of hydrogen-bond acceptors (Lipinski definition) is 6. The Kier molecular flexibility index (Phi) is 5.86. The first-order chi connectivity index (χ1) is 15.2. The van der Waals surface area contributed by atoms with Crippen molar-refractivity contribution < 1.29 is 17.7 Å². The summed E-state index contributed by atoms with van der Waals surface area (Å²) < 4.78 is 32.7. The van der Waals surface area contributed by atoms with E-state index in [1.165, 1.54) is 23.5 Å². The highest BCUT2D eigenvalue weighted by molar-refractivity contribution is 7.92. The fraction of sp³-hybridized carbons (Fsp3) is 0.130. The largest absolute Gasteiger partial charge is 0.337 e. The van der Waals surface area contributed by atoms with Crippen LogP contribution < -0.4 is 10.0 Å². The molecule has 0 saturated heterocycles. The van der Waals surface area contributed by atoms with Crippen LogP contribution in [-0.2, 0) is 10.0 Å². The van der Waals surface area contributed by atoms with Crippen molar-refractivity contribution in [2.24, 2.45) is 0 Å². The molecule has 9 heteroatoms. The molecule has 2 aromatic carbocycles. The Morgan fingerprint density at radius 2 is 1.66 bits per heavy atom. The van der Waals surface area contributed by atoms with Gasteiger partial charge in [0.1, 0.15) is 0 Å². The van der Waals surface area contributed by atoms with E-state index >= 15 is 0 Å².